The number of nitrogens with zero attached hydrogens (tertiary/aromatic N) is 3. The minimum Gasteiger partial charge on any atom is -0.468 e. The molecule has 0 amide bonds. The predicted molar refractivity (Wildman–Crippen MR) is 80.8 cm³/mol. The van der Waals surface area contributed by atoms with Crippen LogP contribution in [0.4, 0.5) is 0 Å². The molecule has 0 aliphatic rings. The van der Waals surface area contributed by atoms with Crippen molar-refractivity contribution in [2.75, 3.05) is 7.11 Å². The molecule has 6 heteroatoms. The van der Waals surface area contributed by atoms with Gasteiger partial charge >= 0.3 is 5.97 Å². The monoisotopic (exact) mass is 299 g/mol. The van der Waals surface area contributed by atoms with Crippen LogP contribution in [0.25, 0.3) is 21.8 Å². The number of methoxy groups -OCH3 is 1. The number of thiazole rings is 1. The van der Waals surface area contributed by atoms with Crippen molar-refractivity contribution in [2.45, 2.75) is 6.54 Å². The number of esters is 1. The molecule has 0 atom stereocenters. The van der Waals surface area contributed by atoms with Gasteiger partial charge in [-0.3, -0.25) is 9.48 Å². The summed E-state index contributed by atoms with van der Waals surface area (Å²) in [5.41, 5.74) is 2.87. The maximum absolute atomic E-state index is 11.2. The van der Waals surface area contributed by atoms with E-state index in [0.717, 1.165) is 21.8 Å². The maximum atomic E-state index is 11.2. The van der Waals surface area contributed by atoms with Gasteiger partial charge in [-0.2, -0.15) is 5.10 Å². The van der Waals surface area contributed by atoms with Crippen LogP contribution in [0.15, 0.2) is 48.1 Å². The zero-order valence-corrected chi connectivity index (χ0v) is 12.2. The van der Waals surface area contributed by atoms with Crippen LogP contribution in [0.5, 0.6) is 0 Å². The first-order valence-electron chi connectivity index (χ1n) is 6.37. The van der Waals surface area contributed by atoms with Crippen molar-refractivity contribution >= 4 is 17.3 Å². The SMILES string of the molecule is COC(=O)Cn1ccc(-c2cccc(-c3nccs3)c2)n1. The first-order valence-corrected chi connectivity index (χ1v) is 7.25. The summed E-state index contributed by atoms with van der Waals surface area (Å²) >= 11 is 1.60. The normalized spacial score (nSPS) is 10.5. The Morgan fingerprint density at radius 1 is 1.33 bits per heavy atom. The lowest BCUT2D eigenvalue weighted by Crippen LogP contribution is -2.11. The number of hydrogen-bond donors (Lipinski definition) is 0. The molecule has 5 nitrogen and oxygen atoms in total. The number of benzene rings is 1. The summed E-state index contributed by atoms with van der Waals surface area (Å²) in [6.45, 7) is 0.114. The minimum absolute atomic E-state index is 0.114. The first-order chi connectivity index (χ1) is 10.3. The Morgan fingerprint density at radius 3 is 2.95 bits per heavy atom. The molecule has 0 radical (unpaired) electrons. The smallest absolute Gasteiger partial charge is 0.327 e. The van der Waals surface area contributed by atoms with Gasteiger partial charge < -0.3 is 4.74 Å². The van der Waals surface area contributed by atoms with Crippen LogP contribution in [-0.2, 0) is 16.1 Å². The second kappa shape index (κ2) is 5.88. The molecule has 0 N–H and O–H groups in total. The van der Waals surface area contributed by atoms with Gasteiger partial charge in [0.05, 0.1) is 12.8 Å². The Hall–Kier alpha value is -2.47. The molecule has 0 aliphatic carbocycles. The average molecular weight is 299 g/mol. The molecule has 0 fully saturated rings. The molecule has 0 saturated carbocycles. The fourth-order valence-electron chi connectivity index (χ4n) is 1.98. The first kappa shape index (κ1) is 13.5. The molecule has 0 unspecified atom stereocenters. The van der Waals surface area contributed by atoms with Crippen molar-refractivity contribution in [1.29, 1.82) is 0 Å². The Kier molecular flexibility index (Phi) is 3.79. The fourth-order valence-corrected chi connectivity index (χ4v) is 2.61. The average Bonchev–Trinajstić information content (AvgIpc) is 3.19. The van der Waals surface area contributed by atoms with Crippen molar-refractivity contribution in [1.82, 2.24) is 14.8 Å². The van der Waals surface area contributed by atoms with E-state index >= 15 is 0 Å². The van der Waals surface area contributed by atoms with Crippen LogP contribution in [0.3, 0.4) is 0 Å². The van der Waals surface area contributed by atoms with Crippen LogP contribution in [-0.4, -0.2) is 27.8 Å². The predicted octanol–water partition coefficient (Wildman–Crippen LogP) is 2.85. The summed E-state index contributed by atoms with van der Waals surface area (Å²) in [5.74, 6) is -0.318. The van der Waals surface area contributed by atoms with Crippen molar-refractivity contribution in [3.63, 3.8) is 0 Å². The van der Waals surface area contributed by atoms with E-state index in [2.05, 4.69) is 14.8 Å². The third kappa shape index (κ3) is 3.00. The highest BCUT2D eigenvalue weighted by Gasteiger charge is 2.08. The van der Waals surface area contributed by atoms with Crippen molar-refractivity contribution in [3.05, 3.63) is 48.1 Å². The fraction of sp³-hybridized carbons (Fsp3) is 0.133. The van der Waals surface area contributed by atoms with Crippen molar-refractivity contribution < 1.29 is 9.53 Å². The van der Waals surface area contributed by atoms with Crippen LogP contribution < -0.4 is 0 Å². The molecule has 21 heavy (non-hydrogen) atoms. The highest BCUT2D eigenvalue weighted by Crippen LogP contribution is 2.26. The van der Waals surface area contributed by atoms with E-state index < -0.39 is 0 Å². The summed E-state index contributed by atoms with van der Waals surface area (Å²) in [5, 5.41) is 7.32. The van der Waals surface area contributed by atoms with E-state index in [9.17, 15) is 4.79 Å². The number of hydrogen-bond acceptors (Lipinski definition) is 5. The number of carbonyl (C=O) groups excluding carboxylic acids is 1. The van der Waals surface area contributed by atoms with Crippen molar-refractivity contribution in [2.24, 2.45) is 0 Å². The molecule has 3 rings (SSSR count). The second-order valence-electron chi connectivity index (χ2n) is 4.39. The van der Waals surface area contributed by atoms with Gasteiger partial charge in [-0.15, -0.1) is 11.3 Å². The van der Waals surface area contributed by atoms with E-state index in [0.29, 0.717) is 0 Å². The van der Waals surface area contributed by atoms with Gasteiger partial charge in [-0.25, -0.2) is 4.98 Å². The Bertz CT molecular complexity index is 750. The zero-order chi connectivity index (χ0) is 14.7. The Labute approximate surface area is 125 Å². The van der Waals surface area contributed by atoms with Gasteiger partial charge in [0.1, 0.15) is 11.6 Å². The van der Waals surface area contributed by atoms with Crippen LogP contribution in [0, 0.1) is 0 Å². The largest absolute Gasteiger partial charge is 0.468 e. The minimum atomic E-state index is -0.318. The van der Waals surface area contributed by atoms with E-state index in [-0.39, 0.29) is 12.5 Å². The lowest BCUT2D eigenvalue weighted by Gasteiger charge is -2.01. The molecule has 0 aliphatic heterocycles. The summed E-state index contributed by atoms with van der Waals surface area (Å²) in [7, 11) is 1.37. The van der Waals surface area contributed by atoms with Gasteiger partial charge in [-0.1, -0.05) is 18.2 Å². The number of carbonyl (C=O) groups is 1. The lowest BCUT2D eigenvalue weighted by molar-refractivity contribution is -0.141. The zero-order valence-electron chi connectivity index (χ0n) is 11.4. The molecule has 0 saturated heterocycles. The highest BCUT2D eigenvalue weighted by molar-refractivity contribution is 7.13. The van der Waals surface area contributed by atoms with Gasteiger partial charge in [-0.05, 0) is 12.1 Å². The highest BCUT2D eigenvalue weighted by atomic mass is 32.1. The van der Waals surface area contributed by atoms with Gasteiger partial charge in [0.15, 0.2) is 0 Å². The maximum Gasteiger partial charge on any atom is 0.327 e. The molecular formula is C15H13N3O2S. The molecule has 3 aromatic rings. The Morgan fingerprint density at radius 2 is 2.19 bits per heavy atom. The van der Waals surface area contributed by atoms with E-state index in [4.69, 9.17) is 0 Å². The summed E-state index contributed by atoms with van der Waals surface area (Å²) < 4.78 is 6.20. The Balaban J connectivity index is 1.87. The summed E-state index contributed by atoms with van der Waals surface area (Å²) in [6.07, 6.45) is 3.56. The molecule has 2 heterocycles. The van der Waals surface area contributed by atoms with Crippen LogP contribution in [0.2, 0.25) is 0 Å². The van der Waals surface area contributed by atoms with Crippen LogP contribution in [0.1, 0.15) is 0 Å². The summed E-state index contributed by atoms with van der Waals surface area (Å²) in [4.78, 5) is 15.6. The molecule has 2 aromatic heterocycles. The molecular weight excluding hydrogens is 286 g/mol. The van der Waals surface area contributed by atoms with Gasteiger partial charge in [0.2, 0.25) is 0 Å². The second-order valence-corrected chi connectivity index (χ2v) is 5.29. The number of aromatic nitrogens is 3. The summed E-state index contributed by atoms with van der Waals surface area (Å²) in [6, 6.07) is 9.91. The standard InChI is InChI=1S/C15H13N3O2S/c1-20-14(19)10-18-7-5-13(17-18)11-3-2-4-12(9-11)15-16-6-8-21-15/h2-9H,10H2,1H3. The quantitative estimate of drug-likeness (QED) is 0.695. The molecule has 1 aromatic carbocycles. The van der Waals surface area contributed by atoms with Gasteiger partial charge in [0.25, 0.3) is 0 Å². The lowest BCUT2D eigenvalue weighted by atomic mass is 10.1. The van der Waals surface area contributed by atoms with E-state index in [1.54, 1.807) is 28.4 Å². The topological polar surface area (TPSA) is 57.0 Å². The van der Waals surface area contributed by atoms with E-state index in [1.165, 1.54) is 7.11 Å². The van der Waals surface area contributed by atoms with E-state index in [1.807, 2.05) is 35.7 Å². The number of ether oxygens (including phenoxy) is 1. The number of rotatable bonds is 4. The van der Waals surface area contributed by atoms with Crippen molar-refractivity contribution in [3.8, 4) is 21.8 Å². The molecule has 0 bridgehead atoms. The molecule has 0 spiro atoms. The molecule has 106 valence electrons. The van der Waals surface area contributed by atoms with Gasteiger partial charge in [0, 0.05) is 28.9 Å². The third-order valence-corrected chi connectivity index (χ3v) is 3.82. The third-order valence-electron chi connectivity index (χ3n) is 3.00. The van der Waals surface area contributed by atoms with Crippen LogP contribution >= 0.6 is 11.3 Å².